The number of rotatable bonds is 7. The van der Waals surface area contributed by atoms with Gasteiger partial charge in [-0.3, -0.25) is 18.3 Å². The second-order valence-electron chi connectivity index (χ2n) is 10.1. The van der Waals surface area contributed by atoms with Crippen molar-refractivity contribution in [3.63, 3.8) is 0 Å². The Kier molecular flexibility index (Phi) is 6.84. The van der Waals surface area contributed by atoms with Gasteiger partial charge in [0.25, 0.3) is 15.7 Å². The molecule has 3 aromatic rings. The van der Waals surface area contributed by atoms with Crippen LogP contribution in [0.1, 0.15) is 72.2 Å². The van der Waals surface area contributed by atoms with Crippen molar-refractivity contribution in [1.82, 2.24) is 19.5 Å². The Bertz CT molecular complexity index is 1540. The van der Waals surface area contributed by atoms with E-state index in [0.717, 1.165) is 56.0 Å². The topological polar surface area (TPSA) is 133 Å². The van der Waals surface area contributed by atoms with Gasteiger partial charge in [0.1, 0.15) is 11.5 Å². The number of carbonyl (C=O) groups excluding carboxylic acids is 1. The number of aryl methyl sites for hydroxylation is 2. The van der Waals surface area contributed by atoms with Crippen LogP contribution in [0.25, 0.3) is 11.0 Å². The second kappa shape index (κ2) is 9.94. The summed E-state index contributed by atoms with van der Waals surface area (Å²) in [5.41, 5.74) is 3.08. The molecular formula is C26H31N5O5S. The van der Waals surface area contributed by atoms with Crippen molar-refractivity contribution >= 4 is 38.7 Å². The number of fused-ring (bicyclic) bond motifs is 2. The minimum atomic E-state index is -3.46. The van der Waals surface area contributed by atoms with Crippen LogP contribution in [0.2, 0.25) is 0 Å². The molecule has 0 spiro atoms. The SMILES string of the molecule is CC(=O)c1c(C)c2cnc(Nc3ccc4c(n3)CC[C@@H](COS(C)(=O)=O)C4)nc2n(C2CCCC2)c1=O. The van der Waals surface area contributed by atoms with Crippen molar-refractivity contribution in [2.24, 2.45) is 5.92 Å². The first-order valence-electron chi connectivity index (χ1n) is 12.6. The maximum atomic E-state index is 13.4. The minimum absolute atomic E-state index is 0.0120. The fourth-order valence-electron chi connectivity index (χ4n) is 5.54. The molecule has 5 rings (SSSR count). The van der Waals surface area contributed by atoms with Crippen LogP contribution in [0.3, 0.4) is 0 Å². The standard InChI is InChI=1S/C26H31N5O5S/c1-15-20-13-27-26(30-24(20)31(19-6-4-5-7-19)25(33)23(15)16(2)32)29-22-11-9-18-12-17(8-10-21(18)28-22)14-36-37(3,34)35/h9,11,13,17,19H,4-8,10,12,14H2,1-3H3,(H,27,28,29,30)/t17-/m1/s1. The first kappa shape index (κ1) is 25.5. The van der Waals surface area contributed by atoms with Crippen LogP contribution in [0.5, 0.6) is 0 Å². The predicted octanol–water partition coefficient (Wildman–Crippen LogP) is 3.64. The van der Waals surface area contributed by atoms with Crippen LogP contribution >= 0.6 is 0 Å². The largest absolute Gasteiger partial charge is 0.309 e. The summed E-state index contributed by atoms with van der Waals surface area (Å²) in [6.07, 6.45) is 8.78. The third-order valence-electron chi connectivity index (χ3n) is 7.37. The number of carbonyl (C=O) groups is 1. The van der Waals surface area contributed by atoms with Gasteiger partial charge < -0.3 is 5.32 Å². The summed E-state index contributed by atoms with van der Waals surface area (Å²) in [5.74, 6) is 0.802. The number of pyridine rings is 2. The maximum absolute atomic E-state index is 13.4. The molecule has 11 heteroatoms. The highest BCUT2D eigenvalue weighted by Gasteiger charge is 2.26. The Balaban J connectivity index is 1.44. The molecule has 0 aliphatic heterocycles. The average Bonchev–Trinajstić information content (AvgIpc) is 3.36. The normalized spacial score (nSPS) is 18.2. The van der Waals surface area contributed by atoms with Crippen molar-refractivity contribution < 1.29 is 17.4 Å². The van der Waals surface area contributed by atoms with Gasteiger partial charge in [-0.05, 0) is 69.1 Å². The zero-order valence-corrected chi connectivity index (χ0v) is 22.1. The van der Waals surface area contributed by atoms with Crippen molar-refractivity contribution in [3.05, 3.63) is 51.1 Å². The van der Waals surface area contributed by atoms with Gasteiger partial charge in [0.2, 0.25) is 5.95 Å². The molecule has 0 bridgehead atoms. The molecule has 196 valence electrons. The van der Waals surface area contributed by atoms with E-state index in [9.17, 15) is 18.0 Å². The van der Waals surface area contributed by atoms with Gasteiger partial charge in [0.15, 0.2) is 5.78 Å². The van der Waals surface area contributed by atoms with Crippen LogP contribution in [0.4, 0.5) is 11.8 Å². The van der Waals surface area contributed by atoms with Gasteiger partial charge in [0, 0.05) is 23.3 Å². The van der Waals surface area contributed by atoms with E-state index >= 15 is 0 Å². The van der Waals surface area contributed by atoms with Gasteiger partial charge in [0.05, 0.1) is 18.4 Å². The Morgan fingerprint density at radius 2 is 1.95 bits per heavy atom. The first-order valence-corrected chi connectivity index (χ1v) is 14.5. The highest BCUT2D eigenvalue weighted by Crippen LogP contribution is 2.32. The first-order chi connectivity index (χ1) is 17.6. The molecule has 0 unspecified atom stereocenters. The van der Waals surface area contributed by atoms with E-state index in [4.69, 9.17) is 14.2 Å². The third kappa shape index (κ3) is 5.28. The molecule has 0 amide bonds. The van der Waals surface area contributed by atoms with Crippen molar-refractivity contribution in [1.29, 1.82) is 0 Å². The zero-order chi connectivity index (χ0) is 26.3. The molecule has 3 heterocycles. The summed E-state index contributed by atoms with van der Waals surface area (Å²) in [4.78, 5) is 39.6. The Morgan fingerprint density at radius 3 is 2.65 bits per heavy atom. The van der Waals surface area contributed by atoms with E-state index in [-0.39, 0.29) is 35.5 Å². The van der Waals surface area contributed by atoms with Crippen molar-refractivity contribution in [2.45, 2.75) is 64.8 Å². The minimum Gasteiger partial charge on any atom is -0.309 e. The number of hydrogen-bond acceptors (Lipinski definition) is 9. The number of aromatic nitrogens is 4. The maximum Gasteiger partial charge on any atom is 0.264 e. The lowest BCUT2D eigenvalue weighted by Gasteiger charge is -2.23. The fraction of sp³-hybridized carbons (Fsp3) is 0.500. The molecule has 0 aromatic carbocycles. The predicted molar refractivity (Wildman–Crippen MR) is 140 cm³/mol. The Labute approximate surface area is 215 Å². The smallest absolute Gasteiger partial charge is 0.264 e. The van der Waals surface area contributed by atoms with Gasteiger partial charge in [-0.1, -0.05) is 18.9 Å². The summed E-state index contributed by atoms with van der Waals surface area (Å²) in [6, 6.07) is 3.84. The lowest BCUT2D eigenvalue weighted by molar-refractivity contribution is 0.101. The molecule has 0 radical (unpaired) electrons. The van der Waals surface area contributed by atoms with E-state index in [1.807, 2.05) is 12.1 Å². The van der Waals surface area contributed by atoms with E-state index < -0.39 is 10.1 Å². The summed E-state index contributed by atoms with van der Waals surface area (Å²) in [5, 5.41) is 3.87. The molecule has 1 saturated carbocycles. The second-order valence-corrected chi connectivity index (χ2v) is 11.8. The summed E-state index contributed by atoms with van der Waals surface area (Å²) in [6.45, 7) is 3.37. The van der Waals surface area contributed by atoms with E-state index in [2.05, 4.69) is 10.3 Å². The Hall–Kier alpha value is -3.18. The van der Waals surface area contributed by atoms with Crippen LogP contribution < -0.4 is 10.9 Å². The molecular weight excluding hydrogens is 494 g/mol. The van der Waals surface area contributed by atoms with E-state index in [1.165, 1.54) is 6.92 Å². The molecule has 2 aliphatic rings. The molecule has 37 heavy (non-hydrogen) atoms. The van der Waals surface area contributed by atoms with Crippen LogP contribution in [-0.4, -0.2) is 46.6 Å². The monoisotopic (exact) mass is 525 g/mol. The highest BCUT2D eigenvalue weighted by molar-refractivity contribution is 7.85. The molecule has 3 aromatic heterocycles. The quantitative estimate of drug-likeness (QED) is 0.362. The number of Topliss-reactive ketones (excluding diaryl/α,β-unsaturated/α-hetero) is 1. The van der Waals surface area contributed by atoms with Crippen molar-refractivity contribution in [2.75, 3.05) is 18.2 Å². The molecule has 1 N–H and O–H groups in total. The molecule has 0 saturated heterocycles. The molecule has 2 aliphatic carbocycles. The van der Waals surface area contributed by atoms with Crippen LogP contribution in [-0.2, 0) is 27.1 Å². The average molecular weight is 526 g/mol. The van der Waals surface area contributed by atoms with Crippen molar-refractivity contribution in [3.8, 4) is 0 Å². The number of ketones is 1. The summed E-state index contributed by atoms with van der Waals surface area (Å²) >= 11 is 0. The number of anilines is 2. The van der Waals surface area contributed by atoms with Gasteiger partial charge >= 0.3 is 0 Å². The zero-order valence-electron chi connectivity index (χ0n) is 21.3. The van der Waals surface area contributed by atoms with Crippen LogP contribution in [0, 0.1) is 12.8 Å². The van der Waals surface area contributed by atoms with Crippen LogP contribution in [0.15, 0.2) is 23.1 Å². The summed E-state index contributed by atoms with van der Waals surface area (Å²) in [7, 11) is -3.46. The molecule has 10 nitrogen and oxygen atoms in total. The number of nitrogens with zero attached hydrogens (tertiary/aromatic N) is 4. The number of nitrogens with one attached hydrogen (secondary N) is 1. The lowest BCUT2D eigenvalue weighted by atomic mass is 9.87. The van der Waals surface area contributed by atoms with Gasteiger partial charge in [-0.15, -0.1) is 0 Å². The third-order valence-corrected chi connectivity index (χ3v) is 7.94. The van der Waals surface area contributed by atoms with Gasteiger partial charge in [-0.2, -0.15) is 13.4 Å². The lowest BCUT2D eigenvalue weighted by Crippen LogP contribution is -2.30. The molecule has 1 fully saturated rings. The highest BCUT2D eigenvalue weighted by atomic mass is 32.2. The fourth-order valence-corrected chi connectivity index (χ4v) is 5.98. The molecule has 1 atom stereocenters. The number of hydrogen-bond donors (Lipinski definition) is 1. The summed E-state index contributed by atoms with van der Waals surface area (Å²) < 4.78 is 29.3. The van der Waals surface area contributed by atoms with Gasteiger partial charge in [-0.25, -0.2) is 9.97 Å². The Morgan fingerprint density at radius 1 is 1.19 bits per heavy atom. The van der Waals surface area contributed by atoms with E-state index in [0.29, 0.717) is 34.8 Å². The van der Waals surface area contributed by atoms with E-state index in [1.54, 1.807) is 17.7 Å².